The minimum absolute atomic E-state index is 0.0224. The van der Waals surface area contributed by atoms with E-state index in [1.54, 1.807) is 23.4 Å². The number of hydrogen-bond donors (Lipinski definition) is 2. The van der Waals surface area contributed by atoms with Crippen LogP contribution in [0.3, 0.4) is 0 Å². The molecule has 2 unspecified atom stereocenters. The van der Waals surface area contributed by atoms with Crippen molar-refractivity contribution < 1.29 is 9.59 Å². The van der Waals surface area contributed by atoms with Gasteiger partial charge in [0, 0.05) is 31.0 Å². The Morgan fingerprint density at radius 1 is 1.33 bits per heavy atom. The molecular formula is C12H14N4O2. The Balaban J connectivity index is 1.98. The standard InChI is InChI=1S/C12H14N4O2/c17-10-7-14-5-9-6-15-12(18)11(16(9)10)8-2-1-3-13-4-8/h1-4,9,11,14H,5-7H2,(H,15,18). The van der Waals surface area contributed by atoms with Gasteiger partial charge in [-0.05, 0) is 6.07 Å². The van der Waals surface area contributed by atoms with E-state index in [2.05, 4.69) is 15.6 Å². The van der Waals surface area contributed by atoms with Gasteiger partial charge >= 0.3 is 0 Å². The van der Waals surface area contributed by atoms with Gasteiger partial charge in [0.15, 0.2) is 0 Å². The summed E-state index contributed by atoms with van der Waals surface area (Å²) < 4.78 is 0. The number of hydrogen-bond acceptors (Lipinski definition) is 4. The Morgan fingerprint density at radius 2 is 2.22 bits per heavy atom. The summed E-state index contributed by atoms with van der Waals surface area (Å²) in [5, 5.41) is 5.91. The van der Waals surface area contributed by atoms with Crippen molar-refractivity contribution in [1.29, 1.82) is 0 Å². The predicted molar refractivity (Wildman–Crippen MR) is 63.5 cm³/mol. The summed E-state index contributed by atoms with van der Waals surface area (Å²) in [5.74, 6) is -0.163. The van der Waals surface area contributed by atoms with Crippen LogP contribution in [0.25, 0.3) is 0 Å². The van der Waals surface area contributed by atoms with Crippen molar-refractivity contribution in [3.63, 3.8) is 0 Å². The van der Waals surface area contributed by atoms with E-state index in [4.69, 9.17) is 0 Å². The summed E-state index contributed by atoms with van der Waals surface area (Å²) in [6.07, 6.45) is 3.29. The minimum Gasteiger partial charge on any atom is -0.352 e. The van der Waals surface area contributed by atoms with E-state index in [-0.39, 0.29) is 17.9 Å². The lowest BCUT2D eigenvalue weighted by molar-refractivity contribution is -0.148. The van der Waals surface area contributed by atoms with E-state index in [0.717, 1.165) is 5.56 Å². The van der Waals surface area contributed by atoms with Crippen LogP contribution in [-0.4, -0.2) is 47.4 Å². The molecule has 1 aromatic heterocycles. The van der Waals surface area contributed by atoms with Crippen LogP contribution >= 0.6 is 0 Å². The van der Waals surface area contributed by atoms with Gasteiger partial charge in [-0.2, -0.15) is 0 Å². The fourth-order valence-electron chi connectivity index (χ4n) is 2.56. The lowest BCUT2D eigenvalue weighted by Crippen LogP contribution is -2.65. The van der Waals surface area contributed by atoms with Gasteiger partial charge < -0.3 is 15.5 Å². The molecule has 94 valence electrons. The summed E-state index contributed by atoms with van der Waals surface area (Å²) in [6, 6.07) is 3.08. The van der Waals surface area contributed by atoms with Crippen molar-refractivity contribution >= 4 is 11.8 Å². The van der Waals surface area contributed by atoms with Crippen molar-refractivity contribution in [2.45, 2.75) is 12.1 Å². The fraction of sp³-hybridized carbons (Fsp3) is 0.417. The van der Waals surface area contributed by atoms with Crippen molar-refractivity contribution in [3.8, 4) is 0 Å². The second-order valence-corrected chi connectivity index (χ2v) is 4.52. The van der Waals surface area contributed by atoms with Crippen LogP contribution < -0.4 is 10.6 Å². The molecule has 2 fully saturated rings. The van der Waals surface area contributed by atoms with Gasteiger partial charge in [-0.1, -0.05) is 6.07 Å². The number of fused-ring (bicyclic) bond motifs is 1. The van der Waals surface area contributed by atoms with E-state index in [0.29, 0.717) is 19.6 Å². The largest absolute Gasteiger partial charge is 0.352 e. The van der Waals surface area contributed by atoms with Gasteiger partial charge in [-0.3, -0.25) is 14.6 Å². The number of nitrogens with one attached hydrogen (secondary N) is 2. The van der Waals surface area contributed by atoms with E-state index in [1.807, 2.05) is 6.07 Å². The summed E-state index contributed by atoms with van der Waals surface area (Å²) in [7, 11) is 0. The van der Waals surface area contributed by atoms with Crippen molar-refractivity contribution in [1.82, 2.24) is 20.5 Å². The van der Waals surface area contributed by atoms with Gasteiger partial charge in [0.2, 0.25) is 11.8 Å². The third kappa shape index (κ3) is 1.74. The zero-order chi connectivity index (χ0) is 12.5. The molecule has 0 radical (unpaired) electrons. The van der Waals surface area contributed by atoms with Crippen LogP contribution in [0.4, 0.5) is 0 Å². The lowest BCUT2D eigenvalue weighted by atomic mass is 9.99. The fourth-order valence-corrected chi connectivity index (χ4v) is 2.56. The van der Waals surface area contributed by atoms with E-state index < -0.39 is 6.04 Å². The molecule has 6 nitrogen and oxygen atoms in total. The highest BCUT2D eigenvalue weighted by atomic mass is 16.2. The topological polar surface area (TPSA) is 74.3 Å². The van der Waals surface area contributed by atoms with Gasteiger partial charge in [-0.15, -0.1) is 0 Å². The summed E-state index contributed by atoms with van der Waals surface area (Å²) >= 11 is 0. The number of rotatable bonds is 1. The number of amides is 2. The lowest BCUT2D eigenvalue weighted by Gasteiger charge is -2.44. The molecule has 0 aromatic carbocycles. The molecule has 18 heavy (non-hydrogen) atoms. The normalized spacial score (nSPS) is 27.7. The highest BCUT2D eigenvalue weighted by Gasteiger charge is 2.41. The van der Waals surface area contributed by atoms with Crippen molar-refractivity contribution in [2.75, 3.05) is 19.6 Å². The molecule has 2 atom stereocenters. The van der Waals surface area contributed by atoms with E-state index >= 15 is 0 Å². The first-order valence-electron chi connectivity index (χ1n) is 5.97. The zero-order valence-electron chi connectivity index (χ0n) is 9.80. The maximum absolute atomic E-state index is 12.0. The van der Waals surface area contributed by atoms with Crippen LogP contribution in [-0.2, 0) is 9.59 Å². The van der Waals surface area contributed by atoms with E-state index in [1.165, 1.54) is 0 Å². The summed E-state index contributed by atoms with van der Waals surface area (Å²) in [6.45, 7) is 1.51. The van der Waals surface area contributed by atoms with Gasteiger partial charge in [-0.25, -0.2) is 0 Å². The number of piperazine rings is 2. The molecule has 2 aliphatic heterocycles. The second-order valence-electron chi connectivity index (χ2n) is 4.52. The molecule has 0 spiro atoms. The Bertz CT molecular complexity index is 476. The first kappa shape index (κ1) is 11.2. The highest BCUT2D eigenvalue weighted by molar-refractivity contribution is 5.91. The van der Waals surface area contributed by atoms with Crippen molar-refractivity contribution in [3.05, 3.63) is 30.1 Å². The van der Waals surface area contributed by atoms with Crippen LogP contribution in [0.1, 0.15) is 11.6 Å². The molecule has 2 aliphatic rings. The van der Waals surface area contributed by atoms with Gasteiger partial charge in [0.1, 0.15) is 6.04 Å². The second kappa shape index (κ2) is 4.38. The van der Waals surface area contributed by atoms with Gasteiger partial charge in [0.25, 0.3) is 0 Å². The molecule has 0 saturated carbocycles. The third-order valence-corrected chi connectivity index (χ3v) is 3.38. The van der Waals surface area contributed by atoms with E-state index in [9.17, 15) is 9.59 Å². The molecule has 0 bridgehead atoms. The maximum Gasteiger partial charge on any atom is 0.247 e. The summed E-state index contributed by atoms with van der Waals surface area (Å²) in [4.78, 5) is 29.8. The predicted octanol–water partition coefficient (Wildman–Crippen LogP) is -0.947. The van der Waals surface area contributed by atoms with Crippen molar-refractivity contribution in [2.24, 2.45) is 0 Å². The molecular weight excluding hydrogens is 232 g/mol. The van der Waals surface area contributed by atoms with Crippen LogP contribution in [0, 0.1) is 0 Å². The number of pyridine rings is 1. The average Bonchev–Trinajstić information content (AvgIpc) is 2.40. The highest BCUT2D eigenvalue weighted by Crippen LogP contribution is 2.26. The SMILES string of the molecule is O=C1NCC2CNCC(=O)N2C1c1cccnc1. The Labute approximate surface area is 104 Å². The molecule has 1 aromatic rings. The number of carbonyl (C=O) groups excluding carboxylic acids is 2. The third-order valence-electron chi connectivity index (χ3n) is 3.38. The maximum atomic E-state index is 12.0. The van der Waals surface area contributed by atoms with Crippen LogP contribution in [0.2, 0.25) is 0 Å². The summed E-state index contributed by atoms with van der Waals surface area (Å²) in [5.41, 5.74) is 0.759. The Morgan fingerprint density at radius 3 is 3.00 bits per heavy atom. The quantitative estimate of drug-likeness (QED) is 0.670. The molecule has 2 amide bonds. The average molecular weight is 246 g/mol. The molecule has 0 aliphatic carbocycles. The van der Waals surface area contributed by atoms with Crippen LogP contribution in [0.5, 0.6) is 0 Å². The number of nitrogens with zero attached hydrogens (tertiary/aromatic N) is 2. The minimum atomic E-state index is -0.549. The molecule has 2 saturated heterocycles. The molecule has 3 rings (SSSR count). The number of carbonyl (C=O) groups is 2. The first-order valence-corrected chi connectivity index (χ1v) is 5.97. The van der Waals surface area contributed by atoms with Gasteiger partial charge in [0.05, 0.1) is 12.6 Å². The zero-order valence-corrected chi connectivity index (χ0v) is 9.80. The Kier molecular flexibility index (Phi) is 2.71. The smallest absolute Gasteiger partial charge is 0.247 e. The molecule has 6 heteroatoms. The Hall–Kier alpha value is -1.95. The van der Waals surface area contributed by atoms with Crippen LogP contribution in [0.15, 0.2) is 24.5 Å². The molecule has 2 N–H and O–H groups in total. The number of aromatic nitrogens is 1. The monoisotopic (exact) mass is 246 g/mol. The first-order chi connectivity index (χ1) is 8.77. The molecule has 3 heterocycles.